The van der Waals surface area contributed by atoms with Gasteiger partial charge in [-0.25, -0.2) is 4.79 Å². The Hall–Kier alpha value is -0.973. The zero-order valence-corrected chi connectivity index (χ0v) is 9.13. The molecule has 0 radical (unpaired) electrons. The highest BCUT2D eigenvalue weighted by Crippen LogP contribution is 2.06. The first-order chi connectivity index (χ1) is 5.17. The van der Waals surface area contributed by atoms with Crippen LogP contribution in [0.1, 0.15) is 6.92 Å². The van der Waals surface area contributed by atoms with Gasteiger partial charge in [-0.1, -0.05) is 0 Å². The van der Waals surface area contributed by atoms with Gasteiger partial charge in [-0.3, -0.25) is 0 Å². The Labute approximate surface area is 68.7 Å². The number of allylic oxidation sites excluding steroid dienone is 1. The highest BCUT2D eigenvalue weighted by molar-refractivity contribution is 6.08. The molecule has 64 valence electrons. The van der Waals surface area contributed by atoms with Crippen LogP contribution in [0.25, 0.3) is 0 Å². The van der Waals surface area contributed by atoms with Crippen molar-refractivity contribution in [2.75, 3.05) is 14.2 Å². The summed E-state index contributed by atoms with van der Waals surface area (Å²) in [7, 11) is 3.22. The van der Waals surface area contributed by atoms with Crippen molar-refractivity contribution in [3.63, 3.8) is 0 Å². The molecule has 0 unspecified atom stereocenters. The zero-order chi connectivity index (χ0) is 8.85. The first kappa shape index (κ1) is 10.0. The lowest BCUT2D eigenvalue weighted by Crippen LogP contribution is -2.10. The van der Waals surface area contributed by atoms with Gasteiger partial charge in [-0.05, 0) is 6.92 Å². The average Bonchev–Trinajstić information content (AvgIpc) is 2.05. The summed E-state index contributed by atoms with van der Waals surface area (Å²) < 4.78 is 14.1. The van der Waals surface area contributed by atoms with Gasteiger partial charge in [0.25, 0.3) is 0 Å². The number of carbonyl (C=O) groups excluding carboxylic acids is 1. The molecule has 0 spiro atoms. The summed E-state index contributed by atoms with van der Waals surface area (Å²) in [4.78, 5) is 10.9. The molecule has 0 aliphatic carbocycles. The van der Waals surface area contributed by atoms with Crippen LogP contribution in [0.15, 0.2) is 11.5 Å². The Bertz CT molecular complexity index is 175. The van der Waals surface area contributed by atoms with Crippen molar-refractivity contribution < 1.29 is 18.7 Å². The molecule has 0 aromatic carbocycles. The molecule has 0 aromatic heterocycles. The van der Waals surface area contributed by atoms with E-state index in [1.54, 1.807) is 6.92 Å². The first-order valence-corrected chi connectivity index (χ1v) is 3.86. The lowest BCUT2D eigenvalue weighted by atomic mass is 10.4. The number of carbonyl (C=O) groups is 1. The van der Waals surface area contributed by atoms with Crippen LogP contribution in [-0.4, -0.2) is 30.7 Å². The van der Waals surface area contributed by atoms with Crippen LogP contribution in [0.3, 0.4) is 0 Å². The highest BCUT2D eigenvalue weighted by atomic mass is 28.2. The van der Waals surface area contributed by atoms with E-state index in [0.29, 0.717) is 16.2 Å². The summed E-state index contributed by atoms with van der Waals surface area (Å²) in [6, 6.07) is 0. The fraction of sp³-hybridized carbons (Fsp3) is 0.500. The zero-order valence-electron chi connectivity index (χ0n) is 7.13. The van der Waals surface area contributed by atoms with E-state index in [9.17, 15) is 4.79 Å². The molecule has 11 heavy (non-hydrogen) atoms. The van der Waals surface area contributed by atoms with Crippen LogP contribution < -0.4 is 0 Å². The molecule has 0 amide bonds. The van der Waals surface area contributed by atoms with E-state index in [1.807, 2.05) is 0 Å². The molecule has 5 heteroatoms. The normalized spacial score (nSPS) is 11.9. The van der Waals surface area contributed by atoms with Crippen molar-refractivity contribution in [1.82, 2.24) is 0 Å². The van der Waals surface area contributed by atoms with Crippen molar-refractivity contribution in [2.45, 2.75) is 6.92 Å². The fourth-order valence-corrected chi connectivity index (χ4v) is 0.742. The van der Waals surface area contributed by atoms with Gasteiger partial charge >= 0.3 is 5.97 Å². The van der Waals surface area contributed by atoms with E-state index >= 15 is 0 Å². The SMILES string of the molecule is COC(C)=C(OC)C(=O)O[SiH3]. The minimum Gasteiger partial charge on any atom is -0.523 e. The van der Waals surface area contributed by atoms with Gasteiger partial charge in [0.2, 0.25) is 16.2 Å². The summed E-state index contributed by atoms with van der Waals surface area (Å²) >= 11 is 0. The predicted molar refractivity (Wildman–Crippen MR) is 42.7 cm³/mol. The van der Waals surface area contributed by atoms with Gasteiger partial charge in [0.1, 0.15) is 5.76 Å². The maximum absolute atomic E-state index is 10.9. The molecular formula is C6H12O4Si. The van der Waals surface area contributed by atoms with Crippen molar-refractivity contribution in [2.24, 2.45) is 0 Å². The maximum Gasteiger partial charge on any atom is 0.363 e. The smallest absolute Gasteiger partial charge is 0.363 e. The minimum atomic E-state index is -0.474. The largest absolute Gasteiger partial charge is 0.523 e. The second-order valence-electron chi connectivity index (χ2n) is 1.79. The second kappa shape index (κ2) is 4.78. The molecule has 0 aliphatic rings. The number of hydrogen-bond donors (Lipinski definition) is 0. The van der Waals surface area contributed by atoms with E-state index in [0.717, 1.165) is 0 Å². The lowest BCUT2D eigenvalue weighted by molar-refractivity contribution is -0.133. The molecule has 0 aliphatic heterocycles. The van der Waals surface area contributed by atoms with Gasteiger partial charge in [0.15, 0.2) is 0 Å². The summed E-state index contributed by atoms with van der Waals surface area (Å²) in [5.74, 6) is 0.0781. The topological polar surface area (TPSA) is 44.8 Å². The third kappa shape index (κ3) is 2.63. The van der Waals surface area contributed by atoms with E-state index in [2.05, 4.69) is 4.43 Å². The molecule has 0 saturated heterocycles. The maximum atomic E-state index is 10.9. The summed E-state index contributed by atoms with van der Waals surface area (Å²) in [5, 5.41) is 0. The number of hydrogen-bond acceptors (Lipinski definition) is 4. The van der Waals surface area contributed by atoms with Crippen LogP contribution in [0.2, 0.25) is 0 Å². The van der Waals surface area contributed by atoms with Crippen LogP contribution in [0.5, 0.6) is 0 Å². The van der Waals surface area contributed by atoms with Crippen LogP contribution >= 0.6 is 0 Å². The molecule has 0 N–H and O–H groups in total. The van der Waals surface area contributed by atoms with Gasteiger partial charge in [0, 0.05) is 0 Å². The Morgan fingerprint density at radius 3 is 2.09 bits per heavy atom. The van der Waals surface area contributed by atoms with Crippen LogP contribution in [0, 0.1) is 0 Å². The molecular weight excluding hydrogens is 164 g/mol. The van der Waals surface area contributed by atoms with Gasteiger partial charge in [-0.15, -0.1) is 0 Å². The fourth-order valence-electron chi connectivity index (χ4n) is 0.556. The summed E-state index contributed by atoms with van der Waals surface area (Å²) in [6.45, 7) is 1.64. The Morgan fingerprint density at radius 1 is 1.27 bits per heavy atom. The number of methoxy groups -OCH3 is 2. The van der Waals surface area contributed by atoms with Gasteiger partial charge < -0.3 is 13.9 Å². The standard InChI is InChI=1S/C6H12O4Si/c1-4(8-2)5(9-3)6(7)10-11/h1-3,11H3. The molecule has 4 nitrogen and oxygen atoms in total. The third-order valence-electron chi connectivity index (χ3n) is 1.20. The summed E-state index contributed by atoms with van der Waals surface area (Å²) in [5.41, 5.74) is 0. The molecule has 0 bridgehead atoms. The van der Waals surface area contributed by atoms with E-state index in [4.69, 9.17) is 9.47 Å². The Balaban J connectivity index is 4.50. The molecule has 0 heterocycles. The Kier molecular flexibility index (Phi) is 4.36. The first-order valence-electron chi connectivity index (χ1n) is 3.04. The number of rotatable bonds is 3. The molecule has 0 saturated carbocycles. The third-order valence-corrected chi connectivity index (χ3v) is 1.57. The predicted octanol–water partition coefficient (Wildman–Crippen LogP) is -0.666. The lowest BCUT2D eigenvalue weighted by Gasteiger charge is -2.07. The van der Waals surface area contributed by atoms with Crippen LogP contribution in [0.4, 0.5) is 0 Å². The highest BCUT2D eigenvalue weighted by Gasteiger charge is 2.13. The molecule has 0 rings (SSSR count). The van der Waals surface area contributed by atoms with E-state index < -0.39 is 5.97 Å². The molecule has 0 aromatic rings. The second-order valence-corrected chi connectivity index (χ2v) is 2.19. The molecule has 0 fully saturated rings. The molecule has 0 atom stereocenters. The van der Waals surface area contributed by atoms with Crippen molar-refractivity contribution in [3.8, 4) is 0 Å². The van der Waals surface area contributed by atoms with E-state index in [-0.39, 0.29) is 5.76 Å². The quantitative estimate of drug-likeness (QED) is 0.325. The van der Waals surface area contributed by atoms with Gasteiger partial charge in [-0.2, -0.15) is 0 Å². The summed E-state index contributed by atoms with van der Waals surface area (Å²) in [6.07, 6.45) is 0. The van der Waals surface area contributed by atoms with Crippen molar-refractivity contribution in [1.29, 1.82) is 0 Å². The average molecular weight is 176 g/mol. The van der Waals surface area contributed by atoms with E-state index in [1.165, 1.54) is 14.2 Å². The van der Waals surface area contributed by atoms with Crippen molar-refractivity contribution in [3.05, 3.63) is 11.5 Å². The Morgan fingerprint density at radius 2 is 1.82 bits per heavy atom. The van der Waals surface area contributed by atoms with Crippen LogP contribution in [-0.2, 0) is 18.7 Å². The number of ether oxygens (including phenoxy) is 2. The van der Waals surface area contributed by atoms with Gasteiger partial charge in [0.05, 0.1) is 14.2 Å². The minimum absolute atomic E-state index is 0.127. The monoisotopic (exact) mass is 176 g/mol. The van der Waals surface area contributed by atoms with Crippen molar-refractivity contribution >= 4 is 16.5 Å².